The van der Waals surface area contributed by atoms with Gasteiger partial charge in [0.25, 0.3) is 5.91 Å². The molecule has 1 N–H and O–H groups in total. The molecule has 1 amide bonds. The largest absolute Gasteiger partial charge is 0.508 e. The van der Waals surface area contributed by atoms with Gasteiger partial charge in [-0.15, -0.1) is 0 Å². The number of phenolic OH excluding ortho intramolecular Hbond substituents is 1. The predicted octanol–water partition coefficient (Wildman–Crippen LogP) is 3.64. The van der Waals surface area contributed by atoms with E-state index in [1.54, 1.807) is 30.3 Å². The van der Waals surface area contributed by atoms with Crippen LogP contribution in [-0.4, -0.2) is 66.2 Å². The number of ketones is 2. The number of hydrogen-bond donors (Lipinski definition) is 1. The number of nitrogens with zero attached hydrogens (tertiary/aromatic N) is 2. The number of hydrogen-bond acceptors (Lipinski definition) is 6. The summed E-state index contributed by atoms with van der Waals surface area (Å²) in [5.74, 6) is -1.71. The molecule has 1 heterocycles. The Balaban J connectivity index is 1.94. The Morgan fingerprint density at radius 1 is 1.12 bits per heavy atom. The van der Waals surface area contributed by atoms with Crippen molar-refractivity contribution in [3.05, 3.63) is 59.2 Å². The van der Waals surface area contributed by atoms with Gasteiger partial charge in [0.1, 0.15) is 17.4 Å². The van der Waals surface area contributed by atoms with E-state index in [4.69, 9.17) is 4.74 Å². The number of benzene rings is 2. The Morgan fingerprint density at radius 2 is 1.79 bits per heavy atom. The molecular formula is C27H34N2O5. The zero-order valence-electron chi connectivity index (χ0n) is 20.6. The monoisotopic (exact) mass is 466 g/mol. The summed E-state index contributed by atoms with van der Waals surface area (Å²) in [5.41, 5.74) is 1.82. The Labute approximate surface area is 201 Å². The molecule has 182 valence electrons. The zero-order valence-corrected chi connectivity index (χ0v) is 20.6. The number of ether oxygens (including phenoxy) is 1. The quantitative estimate of drug-likeness (QED) is 0.327. The molecule has 0 bridgehead atoms. The van der Waals surface area contributed by atoms with Crippen molar-refractivity contribution in [3.63, 3.8) is 0 Å². The van der Waals surface area contributed by atoms with E-state index in [0.717, 1.165) is 12.1 Å². The van der Waals surface area contributed by atoms with Crippen molar-refractivity contribution in [2.45, 2.75) is 33.2 Å². The van der Waals surface area contributed by atoms with Crippen molar-refractivity contribution >= 4 is 17.5 Å². The molecule has 0 radical (unpaired) electrons. The molecule has 2 aromatic carbocycles. The molecule has 2 aromatic rings. The van der Waals surface area contributed by atoms with Gasteiger partial charge in [-0.1, -0.05) is 26.0 Å². The van der Waals surface area contributed by atoms with Crippen LogP contribution < -0.4 is 4.74 Å². The Bertz CT molecular complexity index is 1050. The van der Waals surface area contributed by atoms with Crippen LogP contribution in [0.1, 0.15) is 47.8 Å². The number of amides is 1. The number of rotatable bonds is 10. The molecule has 0 aromatic heterocycles. The summed E-state index contributed by atoms with van der Waals surface area (Å²) in [5, 5.41) is 9.73. The molecule has 7 nitrogen and oxygen atoms in total. The van der Waals surface area contributed by atoms with Crippen LogP contribution in [0.5, 0.6) is 11.5 Å². The lowest BCUT2D eigenvalue weighted by Crippen LogP contribution is -2.33. The number of Topliss-reactive ketones (excluding diaryl/α,β-unsaturated/α-hetero) is 2. The third kappa shape index (κ3) is 5.65. The molecule has 1 fully saturated rings. The van der Waals surface area contributed by atoms with Gasteiger partial charge < -0.3 is 19.6 Å². The van der Waals surface area contributed by atoms with E-state index in [1.807, 2.05) is 25.9 Å². The minimum atomic E-state index is -1.14. The first kappa shape index (κ1) is 25.4. The van der Waals surface area contributed by atoms with E-state index in [-0.39, 0.29) is 11.5 Å². The first-order valence-corrected chi connectivity index (χ1v) is 11.7. The van der Waals surface area contributed by atoms with Crippen molar-refractivity contribution in [1.82, 2.24) is 9.80 Å². The van der Waals surface area contributed by atoms with E-state index in [1.165, 1.54) is 17.0 Å². The van der Waals surface area contributed by atoms with E-state index in [9.17, 15) is 19.5 Å². The number of aromatic hydroxyl groups is 1. The summed E-state index contributed by atoms with van der Waals surface area (Å²) in [7, 11) is 3.88. The number of carbonyl (C=O) groups is 3. The van der Waals surface area contributed by atoms with E-state index in [0.29, 0.717) is 42.4 Å². The van der Waals surface area contributed by atoms with Crippen LogP contribution in [0.15, 0.2) is 42.5 Å². The molecule has 0 spiro atoms. The smallest absolute Gasteiger partial charge is 0.291 e. The van der Waals surface area contributed by atoms with Gasteiger partial charge in [-0.3, -0.25) is 14.4 Å². The molecule has 1 saturated heterocycles. The van der Waals surface area contributed by atoms with Crippen molar-refractivity contribution in [2.24, 2.45) is 11.8 Å². The highest BCUT2D eigenvalue weighted by atomic mass is 16.5. The van der Waals surface area contributed by atoms with Crippen molar-refractivity contribution in [2.75, 3.05) is 33.8 Å². The lowest BCUT2D eigenvalue weighted by Gasteiger charge is -2.28. The van der Waals surface area contributed by atoms with Crippen LogP contribution >= 0.6 is 0 Å². The highest BCUT2D eigenvalue weighted by Crippen LogP contribution is 2.39. The van der Waals surface area contributed by atoms with E-state index < -0.39 is 23.7 Å². The molecule has 1 aliphatic rings. The second-order valence-corrected chi connectivity index (χ2v) is 9.58. The number of phenols is 1. The summed E-state index contributed by atoms with van der Waals surface area (Å²) >= 11 is 0. The minimum Gasteiger partial charge on any atom is -0.508 e. The average molecular weight is 467 g/mol. The third-order valence-electron chi connectivity index (χ3n) is 5.96. The second kappa shape index (κ2) is 10.8. The fraction of sp³-hybridized carbons (Fsp3) is 0.444. The summed E-state index contributed by atoms with van der Waals surface area (Å²) in [6.07, 6.45) is 0.669. The summed E-state index contributed by atoms with van der Waals surface area (Å²) < 4.78 is 5.81. The SMILES string of the molecule is Cc1cc(C(=O)C2C(=O)C(=O)N(CCCN(C)C)C2c2ccc(O)cc2)ccc1OCC(C)C. The molecule has 0 saturated carbocycles. The van der Waals surface area contributed by atoms with Crippen LogP contribution in [0.3, 0.4) is 0 Å². The predicted molar refractivity (Wildman–Crippen MR) is 130 cm³/mol. The van der Waals surface area contributed by atoms with Gasteiger partial charge in [0.05, 0.1) is 12.6 Å². The first-order chi connectivity index (χ1) is 16.1. The van der Waals surface area contributed by atoms with Gasteiger partial charge in [-0.2, -0.15) is 0 Å². The number of carbonyl (C=O) groups excluding carboxylic acids is 3. The standard InChI is InChI=1S/C27H34N2O5/c1-17(2)16-34-22-12-9-20(15-18(22)3)25(31)23-24(19-7-10-21(30)11-8-19)29(27(33)26(23)32)14-6-13-28(4)5/h7-12,15,17,23-24,30H,6,13-14,16H2,1-5H3. The lowest BCUT2D eigenvalue weighted by molar-refractivity contribution is -0.140. The maximum absolute atomic E-state index is 13.6. The van der Waals surface area contributed by atoms with E-state index >= 15 is 0 Å². The van der Waals surface area contributed by atoms with Crippen LogP contribution in [0.4, 0.5) is 0 Å². The van der Waals surface area contributed by atoms with Crippen LogP contribution in [0.2, 0.25) is 0 Å². The average Bonchev–Trinajstić information content (AvgIpc) is 3.03. The van der Waals surface area contributed by atoms with Gasteiger partial charge >= 0.3 is 0 Å². The van der Waals surface area contributed by atoms with Gasteiger partial charge in [0.2, 0.25) is 5.78 Å². The lowest BCUT2D eigenvalue weighted by atomic mass is 9.86. The minimum absolute atomic E-state index is 0.0778. The van der Waals surface area contributed by atoms with Crippen molar-refractivity contribution < 1.29 is 24.2 Å². The molecule has 7 heteroatoms. The van der Waals surface area contributed by atoms with Crippen molar-refractivity contribution in [1.29, 1.82) is 0 Å². The van der Waals surface area contributed by atoms with Crippen LogP contribution in [-0.2, 0) is 9.59 Å². The fourth-order valence-electron chi connectivity index (χ4n) is 4.23. The third-order valence-corrected chi connectivity index (χ3v) is 5.96. The van der Waals surface area contributed by atoms with E-state index in [2.05, 4.69) is 13.8 Å². The maximum Gasteiger partial charge on any atom is 0.291 e. The normalized spacial score (nSPS) is 18.3. The molecule has 2 unspecified atom stereocenters. The molecule has 2 atom stereocenters. The number of aryl methyl sites for hydroxylation is 1. The number of likely N-dealkylation sites (tertiary alicyclic amines) is 1. The topological polar surface area (TPSA) is 87.2 Å². The first-order valence-electron chi connectivity index (χ1n) is 11.7. The molecular weight excluding hydrogens is 432 g/mol. The summed E-state index contributed by atoms with van der Waals surface area (Å²) in [6, 6.07) is 10.8. The van der Waals surface area contributed by atoms with Gasteiger partial charge in [0.15, 0.2) is 5.78 Å². The molecule has 34 heavy (non-hydrogen) atoms. The zero-order chi connectivity index (χ0) is 25.0. The molecule has 1 aliphatic heterocycles. The van der Waals surface area contributed by atoms with Crippen LogP contribution in [0, 0.1) is 18.8 Å². The Kier molecular flexibility index (Phi) is 8.10. The van der Waals surface area contributed by atoms with Gasteiger partial charge in [0, 0.05) is 12.1 Å². The van der Waals surface area contributed by atoms with Crippen molar-refractivity contribution in [3.8, 4) is 11.5 Å². The van der Waals surface area contributed by atoms with Gasteiger partial charge in [-0.05, 0) is 81.4 Å². The molecule has 3 rings (SSSR count). The van der Waals surface area contributed by atoms with Crippen LogP contribution in [0.25, 0.3) is 0 Å². The highest BCUT2D eigenvalue weighted by Gasteiger charge is 2.51. The highest BCUT2D eigenvalue weighted by molar-refractivity contribution is 6.44. The Morgan fingerprint density at radius 3 is 2.38 bits per heavy atom. The Hall–Kier alpha value is -3.19. The second-order valence-electron chi connectivity index (χ2n) is 9.58. The summed E-state index contributed by atoms with van der Waals surface area (Å²) in [6.45, 7) is 7.65. The van der Waals surface area contributed by atoms with Gasteiger partial charge in [-0.25, -0.2) is 0 Å². The fourth-order valence-corrected chi connectivity index (χ4v) is 4.23. The maximum atomic E-state index is 13.6. The molecule has 0 aliphatic carbocycles. The summed E-state index contributed by atoms with van der Waals surface area (Å²) in [4.78, 5) is 43.2.